The molecule has 0 rings (SSSR count). The second kappa shape index (κ2) is 74.0. The Morgan fingerprint density at radius 3 is 0.876 bits per heavy atom. The molecule has 22 heteroatoms. The van der Waals surface area contributed by atoms with E-state index in [1.54, 1.807) is 0 Å². The summed E-state index contributed by atoms with van der Waals surface area (Å²) in [6.45, 7) is 83.6. The van der Waals surface area contributed by atoms with E-state index >= 15 is 0 Å². The minimum Gasteiger partial charge on any atom is -0.356 e. The number of rotatable bonds is 33. The van der Waals surface area contributed by atoms with Gasteiger partial charge in [0.25, 0.3) is 0 Å². The first-order valence-corrected chi connectivity index (χ1v) is 39.7. The third-order valence-corrected chi connectivity index (χ3v) is 12.7. The molecule has 628 valence electrons. The summed E-state index contributed by atoms with van der Waals surface area (Å²) in [5, 5.41) is 31.5. The molecule has 0 saturated heterocycles. The van der Waals surface area contributed by atoms with E-state index in [0.29, 0.717) is 61.4 Å². The van der Waals surface area contributed by atoms with Crippen LogP contribution in [0.25, 0.3) is 0 Å². The molecule has 0 unspecified atom stereocenters. The van der Waals surface area contributed by atoms with Crippen molar-refractivity contribution in [2.24, 2.45) is 70.5 Å². The molecule has 11 N–H and O–H groups in total. The smallest absolute Gasteiger partial charge is 0.234 e. The molecule has 0 aromatic carbocycles. The highest BCUT2D eigenvalue weighted by Crippen LogP contribution is 2.12. The van der Waals surface area contributed by atoms with Gasteiger partial charge in [-0.3, -0.25) is 52.7 Å². The molecule has 0 atom stereocenters. The molecule has 0 aliphatic heterocycles. The number of nitrogens with one attached hydrogen (secondary N) is 11. The molecule has 0 heterocycles. The summed E-state index contributed by atoms with van der Waals surface area (Å²) in [5.41, 5.74) is -0.419. The third kappa shape index (κ3) is 115. The third-order valence-electron chi connectivity index (χ3n) is 12.7. The summed E-state index contributed by atoms with van der Waals surface area (Å²) in [7, 11) is 0. The molecule has 0 aromatic heterocycles. The molecule has 0 aliphatic carbocycles. The van der Waals surface area contributed by atoms with Gasteiger partial charge in [-0.25, -0.2) is 0 Å². The fraction of sp³-hybridized carbons (Fsp3) is 0.867. The van der Waals surface area contributed by atoms with Crippen molar-refractivity contribution in [2.75, 3.05) is 32.7 Å². The number of hydrogen-bond acceptors (Lipinski definition) is 13. The summed E-state index contributed by atoms with van der Waals surface area (Å²) in [6, 6.07) is 2.37. The second-order valence-corrected chi connectivity index (χ2v) is 34.0. The van der Waals surface area contributed by atoms with Gasteiger partial charge in [0, 0.05) is 134 Å². The summed E-state index contributed by atoms with van der Waals surface area (Å²) < 4.78 is 0. The lowest BCUT2D eigenvalue weighted by atomic mass is 9.95. The van der Waals surface area contributed by atoms with Crippen LogP contribution in [0.5, 0.6) is 0 Å². The van der Waals surface area contributed by atoms with E-state index in [-0.39, 0.29) is 143 Å². The zero-order valence-corrected chi connectivity index (χ0v) is 75.7. The van der Waals surface area contributed by atoms with Crippen LogP contribution in [-0.4, -0.2) is 146 Å². The molecular weight excluding hydrogens is 1330 g/mol. The summed E-state index contributed by atoms with van der Waals surface area (Å²) in [6.07, 6.45) is 5.14. The highest BCUT2D eigenvalue weighted by atomic mass is 16.2. The predicted octanol–water partition coefficient (Wildman–Crippen LogP) is 14.1. The maximum Gasteiger partial charge on any atom is 0.234 e. The number of amides is 9. The van der Waals surface area contributed by atoms with Crippen LogP contribution in [0.4, 0.5) is 0 Å². The van der Waals surface area contributed by atoms with Gasteiger partial charge in [-0.05, 0) is 126 Å². The van der Waals surface area contributed by atoms with Gasteiger partial charge in [-0.1, -0.05) is 201 Å². The summed E-state index contributed by atoms with van der Waals surface area (Å²) in [5.74, 6) is 4.61. The Morgan fingerprint density at radius 2 is 0.610 bits per heavy atom. The average Bonchev–Trinajstić information content (AvgIpc) is 0.913. The van der Waals surface area contributed by atoms with E-state index in [4.69, 9.17) is 0 Å². The molecule has 0 saturated carbocycles. The van der Waals surface area contributed by atoms with Crippen LogP contribution in [0, 0.1) is 70.5 Å². The Morgan fingerprint density at radius 1 is 0.276 bits per heavy atom. The fourth-order valence-corrected chi connectivity index (χ4v) is 6.74. The topological polar surface area (TPSA) is 320 Å². The zero-order chi connectivity index (χ0) is 85.4. The van der Waals surface area contributed by atoms with Crippen molar-refractivity contribution < 1.29 is 52.7 Å². The Labute approximate surface area is 647 Å². The van der Waals surface area contributed by atoms with Crippen LogP contribution in [0.15, 0.2) is 0 Å². The Kier molecular flexibility index (Phi) is 84.9. The van der Waals surface area contributed by atoms with Gasteiger partial charge >= 0.3 is 0 Å². The van der Waals surface area contributed by atoms with Crippen molar-refractivity contribution in [3.8, 4) is 0 Å². The van der Waals surface area contributed by atoms with Crippen molar-refractivity contribution in [2.45, 2.75) is 371 Å². The highest BCUT2D eigenvalue weighted by molar-refractivity contribution is 5.89. The van der Waals surface area contributed by atoms with Gasteiger partial charge in [0.15, 0.2) is 5.78 Å². The van der Waals surface area contributed by atoms with Gasteiger partial charge in [-0.2, -0.15) is 0 Å². The first-order valence-electron chi connectivity index (χ1n) is 39.7. The lowest BCUT2D eigenvalue weighted by molar-refractivity contribution is -0.131. The van der Waals surface area contributed by atoms with Crippen LogP contribution in [0.1, 0.15) is 322 Å². The van der Waals surface area contributed by atoms with E-state index in [0.717, 1.165) is 38.4 Å². The largest absolute Gasteiger partial charge is 0.356 e. The lowest BCUT2D eigenvalue weighted by Gasteiger charge is -2.17. The van der Waals surface area contributed by atoms with Crippen molar-refractivity contribution in [1.29, 1.82) is 0 Å². The normalized spacial score (nSPS) is 10.8. The molecule has 22 nitrogen and oxygen atoms in total. The van der Waals surface area contributed by atoms with E-state index < -0.39 is 5.41 Å². The number of hydrogen-bond donors (Lipinski definition) is 11. The lowest BCUT2D eigenvalue weighted by Crippen LogP contribution is -2.39. The molecule has 0 aromatic rings. The van der Waals surface area contributed by atoms with Gasteiger partial charge in [0.2, 0.25) is 53.2 Å². The molecule has 0 spiro atoms. The first-order chi connectivity index (χ1) is 47.5. The standard InChI is InChI=1S/C10H19NO2.C10H21NO.C9H20N2O.C9H19NO.C8H18N2O.2C8H17NO.2C7H15NO.C7H14O/c1-7(2)8(12)6-11-9(13)10(3,4)5;1-8(2)6-5-7-11-10(12)9(3)4;1-7(2)10-6-5-9(12)11-8(3)4;1-7(2)5-6-9(11)10-8(3)4;1-6(2)9-5-8(11)10-7(3)4;1-6(2)5-9-8(10)7(3)4;1-6(2)5-8(10)9-7(3)4;2*1-5(2)7(9)8-6(3)4;1-5(2)7(8)6(3)4/h7H,6H2,1-5H3,(H,11,13);8-9H,5-7H2,1-4H3,(H,11,12);7-8,10H,5-6H2,1-4H3,(H,11,12);7-8H,5-6H2,1-4H3,(H,10,11);6-7,9H,5H2,1-4H3,(H,10,11);2*6-7H,5H2,1-4H3,(H,9,10);2*5-6H,1-4H3,(H,8,9);5-6H,1-4H3. The van der Waals surface area contributed by atoms with Crippen molar-refractivity contribution in [3.63, 3.8) is 0 Å². The number of ketones is 2. The van der Waals surface area contributed by atoms with E-state index in [2.05, 4.69) is 114 Å². The molecular formula is C83H175N11O11. The molecule has 0 radical (unpaired) electrons. The Bertz CT molecular complexity index is 2120. The quantitative estimate of drug-likeness (QED) is 0.0273. The van der Waals surface area contributed by atoms with Crippen molar-refractivity contribution in [1.82, 2.24) is 58.5 Å². The second-order valence-electron chi connectivity index (χ2n) is 34.0. The Balaban J connectivity index is -0.000000120. The van der Waals surface area contributed by atoms with Crippen LogP contribution in [0.2, 0.25) is 0 Å². The minimum absolute atomic E-state index is 0.0136. The van der Waals surface area contributed by atoms with Crippen LogP contribution < -0.4 is 58.5 Å². The zero-order valence-electron chi connectivity index (χ0n) is 75.7. The van der Waals surface area contributed by atoms with Gasteiger partial charge in [0.05, 0.1) is 13.1 Å². The summed E-state index contributed by atoms with van der Waals surface area (Å²) in [4.78, 5) is 121. The fourth-order valence-electron chi connectivity index (χ4n) is 6.74. The maximum atomic E-state index is 11.3. The SMILES string of the molecule is CC(C)C(=O)C(C)C.CC(C)C(=O)CNC(=O)C(C)(C)C.CC(C)CC(=O)NC(C)C.CC(C)CCC(=O)NC(C)C.CC(C)CCCNC(=O)C(C)C.CC(C)CNC(=O)C(C)C.CC(C)NC(=O)C(C)C.CC(C)NC(=O)C(C)C.CC(C)NCC(=O)NC(C)C.CC(C)NCCC(=O)NC(C)C. The van der Waals surface area contributed by atoms with Gasteiger partial charge < -0.3 is 58.5 Å². The van der Waals surface area contributed by atoms with Crippen molar-refractivity contribution in [3.05, 3.63) is 0 Å². The van der Waals surface area contributed by atoms with E-state index in [1.807, 2.05) is 228 Å². The summed E-state index contributed by atoms with van der Waals surface area (Å²) >= 11 is 0. The molecule has 0 fully saturated rings. The van der Waals surface area contributed by atoms with Crippen LogP contribution in [-0.2, 0) is 52.7 Å². The molecule has 0 bridgehead atoms. The minimum atomic E-state index is -0.419. The van der Waals surface area contributed by atoms with E-state index in [1.165, 1.54) is 6.42 Å². The van der Waals surface area contributed by atoms with E-state index in [9.17, 15) is 52.7 Å². The van der Waals surface area contributed by atoms with Crippen molar-refractivity contribution >= 4 is 64.7 Å². The maximum absolute atomic E-state index is 11.3. The number of carbonyl (C=O) groups is 11. The van der Waals surface area contributed by atoms with Crippen LogP contribution in [0.3, 0.4) is 0 Å². The van der Waals surface area contributed by atoms with Gasteiger partial charge in [0.1, 0.15) is 5.78 Å². The molecule has 0 aliphatic rings. The number of Topliss-reactive ketones (excluding diaryl/α,β-unsaturated/α-hetero) is 2. The Hall–Kier alpha value is -5.51. The molecule has 9 amide bonds. The first kappa shape index (κ1) is 121. The van der Waals surface area contributed by atoms with Gasteiger partial charge in [-0.15, -0.1) is 0 Å². The van der Waals surface area contributed by atoms with Crippen LogP contribution >= 0.6 is 0 Å². The average molecular weight is 1500 g/mol. The monoisotopic (exact) mass is 1500 g/mol. The predicted molar refractivity (Wildman–Crippen MR) is 445 cm³/mol. The molecule has 105 heavy (non-hydrogen) atoms. The highest BCUT2D eigenvalue weighted by Gasteiger charge is 2.22. The number of carbonyl (C=O) groups excluding carboxylic acids is 11.